The smallest absolute Gasteiger partial charge is 0.287 e. The molecule has 0 saturated heterocycles. The van der Waals surface area contributed by atoms with Crippen LogP contribution in [0.3, 0.4) is 0 Å². The highest BCUT2D eigenvalue weighted by Crippen LogP contribution is 2.18. The summed E-state index contributed by atoms with van der Waals surface area (Å²) in [5, 5.41) is 5.53. The van der Waals surface area contributed by atoms with Gasteiger partial charge >= 0.3 is 0 Å². The summed E-state index contributed by atoms with van der Waals surface area (Å²) in [6, 6.07) is 13.8. The number of imidazole rings is 1. The van der Waals surface area contributed by atoms with Gasteiger partial charge in [-0.1, -0.05) is 26.0 Å². The Morgan fingerprint density at radius 2 is 1.87 bits per heavy atom. The monoisotopic (exact) mass is 403 g/mol. The van der Waals surface area contributed by atoms with Gasteiger partial charge in [0.25, 0.3) is 5.91 Å². The molecular weight excluding hydrogens is 382 g/mol. The Morgan fingerprint density at radius 3 is 2.57 bits per heavy atom. The van der Waals surface area contributed by atoms with Gasteiger partial charge in [0.2, 0.25) is 5.91 Å². The van der Waals surface area contributed by atoms with E-state index in [1.54, 1.807) is 36.8 Å². The van der Waals surface area contributed by atoms with Gasteiger partial charge in [0.05, 0.1) is 29.2 Å². The molecule has 0 saturated carbocycles. The maximum absolute atomic E-state index is 12.7. The van der Waals surface area contributed by atoms with Crippen LogP contribution in [-0.4, -0.2) is 32.4 Å². The number of benzene rings is 1. The molecule has 152 valence electrons. The molecule has 2 amide bonds. The Kier molecular flexibility index (Phi) is 5.30. The third kappa shape index (κ3) is 3.93. The van der Waals surface area contributed by atoms with E-state index < -0.39 is 11.9 Å². The zero-order valence-corrected chi connectivity index (χ0v) is 16.6. The van der Waals surface area contributed by atoms with Crippen molar-refractivity contribution in [3.63, 3.8) is 0 Å². The molecule has 0 radical (unpaired) electrons. The lowest BCUT2D eigenvalue weighted by Gasteiger charge is -2.21. The largest absolute Gasteiger partial charge is 0.459 e. The van der Waals surface area contributed by atoms with Crippen molar-refractivity contribution in [2.45, 2.75) is 19.9 Å². The molecule has 1 unspecified atom stereocenters. The highest BCUT2D eigenvalue weighted by Gasteiger charge is 2.25. The molecule has 1 aromatic carbocycles. The fraction of sp³-hybridized carbons (Fsp3) is 0.182. The van der Waals surface area contributed by atoms with Crippen molar-refractivity contribution in [3.8, 4) is 5.82 Å². The number of pyridine rings is 1. The Bertz CT molecular complexity index is 1160. The predicted octanol–water partition coefficient (Wildman–Crippen LogP) is 3.41. The van der Waals surface area contributed by atoms with E-state index in [0.29, 0.717) is 11.5 Å². The highest BCUT2D eigenvalue weighted by atomic mass is 16.3. The molecule has 30 heavy (non-hydrogen) atoms. The van der Waals surface area contributed by atoms with Gasteiger partial charge in [0, 0.05) is 0 Å². The van der Waals surface area contributed by atoms with Gasteiger partial charge in [-0.15, -0.1) is 0 Å². The number of rotatable bonds is 6. The first-order chi connectivity index (χ1) is 14.5. The van der Waals surface area contributed by atoms with Crippen LogP contribution in [0.1, 0.15) is 24.4 Å². The van der Waals surface area contributed by atoms with Gasteiger partial charge in [-0.3, -0.25) is 14.2 Å². The molecular formula is C22H21N5O3. The summed E-state index contributed by atoms with van der Waals surface area (Å²) in [6.45, 7) is 3.72. The molecule has 3 aromatic heterocycles. The minimum atomic E-state index is -0.722. The number of amides is 2. The van der Waals surface area contributed by atoms with Crippen molar-refractivity contribution in [2.24, 2.45) is 5.92 Å². The van der Waals surface area contributed by atoms with Crippen LogP contribution in [0.25, 0.3) is 16.9 Å². The fourth-order valence-corrected chi connectivity index (χ4v) is 3.12. The van der Waals surface area contributed by atoms with Crippen molar-refractivity contribution >= 4 is 28.5 Å². The summed E-state index contributed by atoms with van der Waals surface area (Å²) in [6.07, 6.45) is 4.70. The van der Waals surface area contributed by atoms with Crippen LogP contribution >= 0.6 is 0 Å². The molecule has 3 heterocycles. The van der Waals surface area contributed by atoms with Gasteiger partial charge in [-0.2, -0.15) is 0 Å². The SMILES string of the molecule is CC(C)C(NC(=O)c1ccco1)C(=O)Nc1ccc(-n2cnc3ccccc32)nc1. The number of hydrogen-bond acceptors (Lipinski definition) is 5. The fourth-order valence-electron chi connectivity index (χ4n) is 3.12. The lowest BCUT2D eigenvalue weighted by Crippen LogP contribution is -2.47. The summed E-state index contributed by atoms with van der Waals surface area (Å²) in [5.74, 6) is -0.0319. The van der Waals surface area contributed by atoms with Crippen LogP contribution in [0.2, 0.25) is 0 Å². The Morgan fingerprint density at radius 1 is 1.03 bits per heavy atom. The number of para-hydroxylation sites is 2. The first kappa shape index (κ1) is 19.4. The van der Waals surface area contributed by atoms with Crippen LogP contribution in [0, 0.1) is 5.92 Å². The molecule has 0 aliphatic rings. The average Bonchev–Trinajstić information content (AvgIpc) is 3.42. The summed E-state index contributed by atoms with van der Waals surface area (Å²) in [5.41, 5.74) is 2.36. The molecule has 0 fully saturated rings. The first-order valence-electron chi connectivity index (χ1n) is 9.56. The van der Waals surface area contributed by atoms with E-state index in [-0.39, 0.29) is 17.6 Å². The quantitative estimate of drug-likeness (QED) is 0.514. The third-order valence-electron chi connectivity index (χ3n) is 4.70. The zero-order valence-electron chi connectivity index (χ0n) is 16.6. The maximum Gasteiger partial charge on any atom is 0.287 e. The molecule has 4 aromatic rings. The van der Waals surface area contributed by atoms with Crippen LogP contribution in [0.4, 0.5) is 5.69 Å². The number of carbonyl (C=O) groups is 2. The van der Waals surface area contributed by atoms with Crippen LogP contribution < -0.4 is 10.6 Å². The number of nitrogens with zero attached hydrogens (tertiary/aromatic N) is 3. The highest BCUT2D eigenvalue weighted by molar-refractivity contribution is 6.00. The second-order valence-electron chi connectivity index (χ2n) is 7.17. The van der Waals surface area contributed by atoms with Crippen molar-refractivity contribution < 1.29 is 14.0 Å². The van der Waals surface area contributed by atoms with Crippen molar-refractivity contribution in [1.82, 2.24) is 19.9 Å². The number of hydrogen-bond donors (Lipinski definition) is 2. The normalized spacial score (nSPS) is 12.1. The predicted molar refractivity (Wildman–Crippen MR) is 112 cm³/mol. The van der Waals surface area contributed by atoms with Crippen LogP contribution in [-0.2, 0) is 4.79 Å². The van der Waals surface area contributed by atoms with E-state index in [9.17, 15) is 9.59 Å². The van der Waals surface area contributed by atoms with E-state index in [4.69, 9.17) is 4.42 Å². The van der Waals surface area contributed by atoms with Gasteiger partial charge in [-0.25, -0.2) is 9.97 Å². The molecule has 2 N–H and O–H groups in total. The summed E-state index contributed by atoms with van der Waals surface area (Å²) >= 11 is 0. The van der Waals surface area contributed by atoms with Crippen LogP contribution in [0.15, 0.2) is 71.7 Å². The molecule has 8 nitrogen and oxygen atoms in total. The summed E-state index contributed by atoms with van der Waals surface area (Å²) in [4.78, 5) is 33.8. The van der Waals surface area contributed by atoms with E-state index >= 15 is 0 Å². The maximum atomic E-state index is 12.7. The Labute approximate surface area is 172 Å². The number of fused-ring (bicyclic) bond motifs is 1. The van der Waals surface area contributed by atoms with Crippen molar-refractivity contribution in [3.05, 3.63) is 73.1 Å². The lowest BCUT2D eigenvalue weighted by molar-refractivity contribution is -0.118. The van der Waals surface area contributed by atoms with E-state index in [1.807, 2.05) is 42.7 Å². The second-order valence-corrected chi connectivity index (χ2v) is 7.17. The topological polar surface area (TPSA) is 102 Å². The average molecular weight is 403 g/mol. The van der Waals surface area contributed by atoms with Gasteiger partial charge in [0.1, 0.15) is 18.2 Å². The number of aromatic nitrogens is 3. The number of anilines is 1. The van der Waals surface area contributed by atoms with E-state index in [1.165, 1.54) is 6.26 Å². The number of furan rings is 1. The van der Waals surface area contributed by atoms with Gasteiger partial charge < -0.3 is 15.1 Å². The summed E-state index contributed by atoms with van der Waals surface area (Å²) < 4.78 is 6.97. The molecule has 0 aliphatic carbocycles. The first-order valence-corrected chi connectivity index (χ1v) is 9.56. The molecule has 0 bridgehead atoms. The van der Waals surface area contributed by atoms with Crippen molar-refractivity contribution in [2.75, 3.05) is 5.32 Å². The standard InChI is InChI=1S/C22H21N5O3/c1-14(2)20(26-21(28)18-8-5-11-30-18)22(29)25-15-9-10-19(23-12-15)27-13-24-16-6-3-4-7-17(16)27/h3-14,20H,1-2H3,(H,25,29)(H,26,28). The molecule has 4 rings (SSSR count). The number of nitrogens with one attached hydrogen (secondary N) is 2. The second kappa shape index (κ2) is 8.20. The molecule has 0 spiro atoms. The molecule has 0 aliphatic heterocycles. The lowest BCUT2D eigenvalue weighted by atomic mass is 10.0. The minimum Gasteiger partial charge on any atom is -0.459 e. The molecule has 8 heteroatoms. The van der Waals surface area contributed by atoms with Gasteiger partial charge in [-0.05, 0) is 42.3 Å². The zero-order chi connectivity index (χ0) is 21.1. The number of carbonyl (C=O) groups excluding carboxylic acids is 2. The minimum absolute atomic E-state index is 0.117. The van der Waals surface area contributed by atoms with Crippen LogP contribution in [0.5, 0.6) is 0 Å². The summed E-state index contributed by atoms with van der Waals surface area (Å²) in [7, 11) is 0. The molecule has 1 atom stereocenters. The van der Waals surface area contributed by atoms with E-state index in [0.717, 1.165) is 11.0 Å². The Balaban J connectivity index is 1.47. The van der Waals surface area contributed by atoms with E-state index in [2.05, 4.69) is 20.6 Å². The van der Waals surface area contributed by atoms with Gasteiger partial charge in [0.15, 0.2) is 5.76 Å². The Hall–Kier alpha value is -3.94. The van der Waals surface area contributed by atoms with Crippen molar-refractivity contribution in [1.29, 1.82) is 0 Å². The third-order valence-corrected chi connectivity index (χ3v) is 4.70.